The molecule has 2 saturated heterocycles. The van der Waals surface area contributed by atoms with Gasteiger partial charge in [0.25, 0.3) is 5.91 Å². The first kappa shape index (κ1) is 19.1. The first-order valence-electron chi connectivity index (χ1n) is 9.56. The van der Waals surface area contributed by atoms with Gasteiger partial charge in [0.05, 0.1) is 13.2 Å². The monoisotopic (exact) mass is 399 g/mol. The summed E-state index contributed by atoms with van der Waals surface area (Å²) in [6, 6.07) is 7.06. The number of hydrogen-bond acceptors (Lipinski definition) is 6. The zero-order chi connectivity index (χ0) is 20.4. The Morgan fingerprint density at radius 1 is 1.03 bits per heavy atom. The van der Waals surface area contributed by atoms with Gasteiger partial charge in [-0.1, -0.05) is 12.1 Å². The minimum Gasteiger partial charge on any atom is -0.449 e. The van der Waals surface area contributed by atoms with Crippen molar-refractivity contribution >= 4 is 40.3 Å². The number of carbonyl (C=O) groups excluding carboxylic acids is 4. The molecule has 9 nitrogen and oxygen atoms in total. The lowest BCUT2D eigenvalue weighted by Gasteiger charge is -2.26. The van der Waals surface area contributed by atoms with Crippen LogP contribution in [-0.2, 0) is 19.1 Å². The zero-order valence-corrected chi connectivity index (χ0v) is 15.8. The molecule has 2 aromatic rings. The van der Waals surface area contributed by atoms with Crippen molar-refractivity contribution < 1.29 is 28.3 Å². The Morgan fingerprint density at radius 2 is 1.72 bits per heavy atom. The van der Waals surface area contributed by atoms with Crippen LogP contribution in [0, 0.1) is 0 Å². The van der Waals surface area contributed by atoms with Gasteiger partial charge in [0.2, 0.25) is 23.5 Å². The molecule has 2 aliphatic rings. The van der Waals surface area contributed by atoms with Crippen molar-refractivity contribution in [3.8, 4) is 0 Å². The number of carbonyl (C=O) groups is 4. The van der Waals surface area contributed by atoms with Gasteiger partial charge in [-0.3, -0.25) is 24.1 Å². The van der Waals surface area contributed by atoms with Gasteiger partial charge in [-0.25, -0.2) is 0 Å². The van der Waals surface area contributed by atoms with Gasteiger partial charge in [0.1, 0.15) is 11.3 Å². The molecule has 4 amide bonds. The van der Waals surface area contributed by atoms with E-state index in [1.807, 2.05) is 0 Å². The second kappa shape index (κ2) is 8.04. The molecular formula is C20H21N3O6. The highest BCUT2D eigenvalue weighted by atomic mass is 16.5. The standard InChI is InChI=1S/C20H21N3O6/c24-15(7-8-23-16(25)5-6-17(23)26)21-18-13-3-1-2-4-14(13)29-19(18)20(27)22-9-11-28-12-10-22/h1-4H,5-12H2,(H,21,24). The van der Waals surface area contributed by atoms with Crippen LogP contribution in [0.3, 0.4) is 0 Å². The number of morpholine rings is 1. The van der Waals surface area contributed by atoms with Gasteiger partial charge in [0, 0.05) is 44.3 Å². The Morgan fingerprint density at radius 3 is 2.45 bits per heavy atom. The van der Waals surface area contributed by atoms with E-state index in [9.17, 15) is 19.2 Å². The predicted octanol–water partition coefficient (Wildman–Crippen LogP) is 1.38. The molecule has 1 N–H and O–H groups in total. The number of anilines is 1. The van der Waals surface area contributed by atoms with Crippen molar-refractivity contribution in [1.29, 1.82) is 0 Å². The van der Waals surface area contributed by atoms with Crippen molar-refractivity contribution in [3.05, 3.63) is 30.0 Å². The van der Waals surface area contributed by atoms with Crippen LogP contribution >= 0.6 is 0 Å². The molecule has 1 aromatic carbocycles. The van der Waals surface area contributed by atoms with Gasteiger partial charge < -0.3 is 19.4 Å². The number of ether oxygens (including phenoxy) is 1. The lowest BCUT2D eigenvalue weighted by molar-refractivity contribution is -0.138. The summed E-state index contributed by atoms with van der Waals surface area (Å²) in [7, 11) is 0. The van der Waals surface area contributed by atoms with E-state index in [1.54, 1.807) is 29.2 Å². The smallest absolute Gasteiger partial charge is 0.291 e. The Bertz CT molecular complexity index is 960. The first-order chi connectivity index (χ1) is 14.0. The number of hydrogen-bond donors (Lipinski definition) is 1. The summed E-state index contributed by atoms with van der Waals surface area (Å²) in [6.07, 6.45) is 0.318. The van der Waals surface area contributed by atoms with E-state index in [0.717, 1.165) is 4.90 Å². The number of amides is 4. The number of para-hydroxylation sites is 1. The van der Waals surface area contributed by atoms with Gasteiger partial charge in [0.15, 0.2) is 0 Å². The fourth-order valence-electron chi connectivity index (χ4n) is 3.52. The molecule has 1 aromatic heterocycles. The maximum absolute atomic E-state index is 13.0. The van der Waals surface area contributed by atoms with E-state index in [1.165, 1.54) is 0 Å². The summed E-state index contributed by atoms with van der Waals surface area (Å²) < 4.78 is 11.0. The van der Waals surface area contributed by atoms with E-state index in [2.05, 4.69) is 5.32 Å². The van der Waals surface area contributed by atoms with Crippen LogP contribution in [0.15, 0.2) is 28.7 Å². The summed E-state index contributed by atoms with van der Waals surface area (Å²) in [5.41, 5.74) is 0.797. The number of likely N-dealkylation sites (tertiary alicyclic amines) is 1. The van der Waals surface area contributed by atoms with E-state index in [4.69, 9.17) is 9.15 Å². The van der Waals surface area contributed by atoms with Gasteiger partial charge >= 0.3 is 0 Å². The number of benzene rings is 1. The number of fused-ring (bicyclic) bond motifs is 1. The van der Waals surface area contributed by atoms with Gasteiger partial charge in [-0.2, -0.15) is 0 Å². The molecule has 9 heteroatoms. The van der Waals surface area contributed by atoms with E-state index in [0.29, 0.717) is 43.0 Å². The summed E-state index contributed by atoms with van der Waals surface area (Å²) in [4.78, 5) is 51.6. The lowest BCUT2D eigenvalue weighted by Crippen LogP contribution is -2.40. The lowest BCUT2D eigenvalue weighted by atomic mass is 10.2. The average molecular weight is 399 g/mol. The second-order valence-electron chi connectivity index (χ2n) is 6.94. The maximum atomic E-state index is 13.0. The second-order valence-corrected chi connectivity index (χ2v) is 6.94. The summed E-state index contributed by atoms with van der Waals surface area (Å²) in [5.74, 6) is -1.18. The van der Waals surface area contributed by atoms with Gasteiger partial charge in [-0.15, -0.1) is 0 Å². The summed E-state index contributed by atoms with van der Waals surface area (Å²) in [6.45, 7) is 1.81. The predicted molar refractivity (Wildman–Crippen MR) is 102 cm³/mol. The van der Waals surface area contributed by atoms with Crippen molar-refractivity contribution in [2.75, 3.05) is 38.2 Å². The molecule has 0 saturated carbocycles. The highest BCUT2D eigenvalue weighted by molar-refractivity contribution is 6.11. The molecule has 0 atom stereocenters. The summed E-state index contributed by atoms with van der Waals surface area (Å²) in [5, 5.41) is 3.36. The van der Waals surface area contributed by atoms with Crippen LogP contribution in [0.4, 0.5) is 5.69 Å². The fourth-order valence-corrected chi connectivity index (χ4v) is 3.52. The molecule has 2 fully saturated rings. The third kappa shape index (κ3) is 3.86. The fraction of sp³-hybridized carbons (Fsp3) is 0.400. The maximum Gasteiger partial charge on any atom is 0.291 e. The van der Waals surface area contributed by atoms with Crippen LogP contribution in [0.25, 0.3) is 11.0 Å². The Balaban J connectivity index is 1.53. The zero-order valence-electron chi connectivity index (χ0n) is 15.8. The SMILES string of the molecule is O=C(CCN1C(=O)CCC1=O)Nc1c(C(=O)N2CCOCC2)oc2ccccc12. The van der Waals surface area contributed by atoms with Crippen molar-refractivity contribution in [2.45, 2.75) is 19.3 Å². The number of nitrogens with zero attached hydrogens (tertiary/aromatic N) is 2. The normalized spacial score (nSPS) is 17.2. The van der Waals surface area contributed by atoms with Crippen LogP contribution in [-0.4, -0.2) is 66.3 Å². The molecule has 0 radical (unpaired) electrons. The molecule has 0 aliphatic carbocycles. The molecular weight excluding hydrogens is 378 g/mol. The molecule has 3 heterocycles. The Labute approximate surface area is 166 Å². The quantitative estimate of drug-likeness (QED) is 0.761. The number of furan rings is 1. The van der Waals surface area contributed by atoms with Crippen LogP contribution in [0.5, 0.6) is 0 Å². The minimum absolute atomic E-state index is 0.0199. The minimum atomic E-state index is -0.403. The number of rotatable bonds is 5. The van der Waals surface area contributed by atoms with E-state index in [-0.39, 0.29) is 49.3 Å². The largest absolute Gasteiger partial charge is 0.449 e. The average Bonchev–Trinajstić information content (AvgIpc) is 3.26. The molecule has 0 bridgehead atoms. The van der Waals surface area contributed by atoms with Crippen LogP contribution in [0.1, 0.15) is 29.8 Å². The Hall–Kier alpha value is -3.20. The van der Waals surface area contributed by atoms with Crippen molar-refractivity contribution in [3.63, 3.8) is 0 Å². The molecule has 0 spiro atoms. The molecule has 2 aliphatic heterocycles. The first-order valence-corrected chi connectivity index (χ1v) is 9.56. The third-order valence-electron chi connectivity index (χ3n) is 5.07. The van der Waals surface area contributed by atoms with Crippen LogP contribution in [0.2, 0.25) is 0 Å². The highest BCUT2D eigenvalue weighted by Gasteiger charge is 2.30. The number of imide groups is 1. The summed E-state index contributed by atoms with van der Waals surface area (Å²) >= 11 is 0. The van der Waals surface area contributed by atoms with Crippen molar-refractivity contribution in [2.24, 2.45) is 0 Å². The highest BCUT2D eigenvalue weighted by Crippen LogP contribution is 2.32. The Kier molecular flexibility index (Phi) is 5.30. The van der Waals surface area contributed by atoms with E-state index >= 15 is 0 Å². The molecule has 0 unspecified atom stereocenters. The molecule has 4 rings (SSSR count). The van der Waals surface area contributed by atoms with Gasteiger partial charge in [-0.05, 0) is 12.1 Å². The van der Waals surface area contributed by atoms with Crippen LogP contribution < -0.4 is 5.32 Å². The topological polar surface area (TPSA) is 109 Å². The molecule has 152 valence electrons. The van der Waals surface area contributed by atoms with Crippen molar-refractivity contribution in [1.82, 2.24) is 9.80 Å². The third-order valence-corrected chi connectivity index (χ3v) is 5.07. The van der Waals surface area contributed by atoms with E-state index < -0.39 is 5.91 Å². The number of nitrogens with one attached hydrogen (secondary N) is 1. The molecule has 29 heavy (non-hydrogen) atoms.